The minimum Gasteiger partial charge on any atom is -0.379 e. The van der Waals surface area contributed by atoms with E-state index in [2.05, 4.69) is 48.2 Å². The van der Waals surface area contributed by atoms with Gasteiger partial charge in [0.2, 0.25) is 0 Å². The molecule has 2 heterocycles. The van der Waals surface area contributed by atoms with E-state index in [9.17, 15) is 4.79 Å². The van der Waals surface area contributed by atoms with Crippen molar-refractivity contribution >= 4 is 5.91 Å². The number of carbonyl (C=O) groups is 1. The molecule has 1 amide bonds. The number of morpholine rings is 1. The van der Waals surface area contributed by atoms with Crippen LogP contribution in [0, 0.1) is 0 Å². The maximum absolute atomic E-state index is 12.7. The Hall–Kier alpha value is -2.17. The number of likely N-dealkylation sites (tertiary alicyclic amines) is 1. The molecular formula is C23H28N2O2. The maximum atomic E-state index is 12.7. The molecule has 0 radical (unpaired) electrons. The Labute approximate surface area is 161 Å². The van der Waals surface area contributed by atoms with Crippen LogP contribution in [0.4, 0.5) is 0 Å². The summed E-state index contributed by atoms with van der Waals surface area (Å²) in [6, 6.07) is 17.3. The summed E-state index contributed by atoms with van der Waals surface area (Å²) >= 11 is 0. The molecular weight excluding hydrogens is 336 g/mol. The van der Waals surface area contributed by atoms with Gasteiger partial charge in [-0.1, -0.05) is 49.7 Å². The first-order chi connectivity index (χ1) is 13.2. The van der Waals surface area contributed by atoms with Crippen molar-refractivity contribution in [2.45, 2.75) is 25.8 Å². The highest BCUT2D eigenvalue weighted by atomic mass is 16.5. The van der Waals surface area contributed by atoms with Gasteiger partial charge in [-0.05, 0) is 35.2 Å². The summed E-state index contributed by atoms with van der Waals surface area (Å²) in [5.41, 5.74) is 4.51. The van der Waals surface area contributed by atoms with E-state index < -0.39 is 0 Å². The van der Waals surface area contributed by atoms with Crippen LogP contribution in [-0.2, 0) is 11.2 Å². The van der Waals surface area contributed by atoms with E-state index in [4.69, 9.17) is 4.74 Å². The molecule has 2 aromatic rings. The first-order valence-corrected chi connectivity index (χ1v) is 10.0. The quantitative estimate of drug-likeness (QED) is 0.814. The summed E-state index contributed by atoms with van der Waals surface area (Å²) in [6.07, 6.45) is 2.29. The highest BCUT2D eigenvalue weighted by Gasteiger charge is 2.35. The van der Waals surface area contributed by atoms with E-state index in [1.165, 1.54) is 17.5 Å². The number of ether oxygens (including phenoxy) is 1. The number of hydrogen-bond acceptors (Lipinski definition) is 3. The normalized spacial score (nSPS) is 18.3. The molecule has 4 nitrogen and oxygen atoms in total. The average molecular weight is 364 g/mol. The number of amides is 1. The fraction of sp³-hybridized carbons (Fsp3) is 0.435. The Bertz CT molecular complexity index is 758. The summed E-state index contributed by atoms with van der Waals surface area (Å²) < 4.78 is 5.41. The van der Waals surface area contributed by atoms with Gasteiger partial charge < -0.3 is 9.64 Å². The highest BCUT2D eigenvalue weighted by Crippen LogP contribution is 2.23. The Morgan fingerprint density at radius 1 is 0.963 bits per heavy atom. The molecule has 2 aliphatic rings. The standard InChI is InChI=1S/C23H28N2O2/c1-2-3-18-4-6-19(7-5-18)20-8-10-21(11-9-20)23(26)25-16-22(17-25)24-12-14-27-15-13-24/h4-11,22H,2-3,12-17H2,1H3. The molecule has 27 heavy (non-hydrogen) atoms. The van der Waals surface area contributed by atoms with Crippen molar-refractivity contribution in [1.29, 1.82) is 0 Å². The molecule has 2 aromatic carbocycles. The zero-order chi connectivity index (χ0) is 18.6. The molecule has 0 saturated carbocycles. The molecule has 0 aliphatic carbocycles. The lowest BCUT2D eigenvalue weighted by Gasteiger charge is -2.46. The predicted octanol–water partition coefficient (Wildman–Crippen LogP) is 3.46. The third kappa shape index (κ3) is 4.07. The lowest BCUT2D eigenvalue weighted by atomic mass is 10.00. The van der Waals surface area contributed by atoms with Crippen LogP contribution in [0.3, 0.4) is 0 Å². The highest BCUT2D eigenvalue weighted by molar-refractivity contribution is 5.95. The Kier molecular flexibility index (Phi) is 5.55. The second-order valence-corrected chi connectivity index (χ2v) is 7.54. The van der Waals surface area contributed by atoms with E-state index in [1.807, 2.05) is 17.0 Å². The molecule has 142 valence electrons. The lowest BCUT2D eigenvalue weighted by Crippen LogP contribution is -2.62. The monoisotopic (exact) mass is 364 g/mol. The number of rotatable bonds is 5. The van der Waals surface area contributed by atoms with Crippen molar-refractivity contribution in [2.75, 3.05) is 39.4 Å². The lowest BCUT2D eigenvalue weighted by molar-refractivity contribution is -0.0256. The summed E-state index contributed by atoms with van der Waals surface area (Å²) in [5, 5.41) is 0. The first-order valence-electron chi connectivity index (χ1n) is 10.0. The van der Waals surface area contributed by atoms with Crippen molar-refractivity contribution in [3.8, 4) is 11.1 Å². The molecule has 0 aromatic heterocycles. The van der Waals surface area contributed by atoms with E-state index in [0.717, 1.165) is 56.9 Å². The zero-order valence-electron chi connectivity index (χ0n) is 16.1. The van der Waals surface area contributed by atoms with Crippen molar-refractivity contribution in [1.82, 2.24) is 9.80 Å². The minimum absolute atomic E-state index is 0.143. The third-order valence-corrected chi connectivity index (χ3v) is 5.67. The van der Waals surface area contributed by atoms with Gasteiger partial charge in [0.25, 0.3) is 5.91 Å². The summed E-state index contributed by atoms with van der Waals surface area (Å²) in [5.74, 6) is 0.143. The fourth-order valence-electron chi connectivity index (χ4n) is 3.94. The molecule has 2 saturated heterocycles. The number of benzene rings is 2. The zero-order valence-corrected chi connectivity index (χ0v) is 16.1. The molecule has 0 N–H and O–H groups in total. The molecule has 4 rings (SSSR count). The maximum Gasteiger partial charge on any atom is 0.253 e. The number of aryl methyl sites for hydroxylation is 1. The largest absolute Gasteiger partial charge is 0.379 e. The molecule has 0 unspecified atom stereocenters. The van der Waals surface area contributed by atoms with Gasteiger partial charge in [-0.2, -0.15) is 0 Å². The Balaban J connectivity index is 1.35. The van der Waals surface area contributed by atoms with Gasteiger partial charge in [0.15, 0.2) is 0 Å². The van der Waals surface area contributed by atoms with Gasteiger partial charge in [0.1, 0.15) is 0 Å². The SMILES string of the molecule is CCCc1ccc(-c2ccc(C(=O)N3CC(N4CCOCC4)C3)cc2)cc1. The average Bonchev–Trinajstić information content (AvgIpc) is 2.69. The fourth-order valence-corrected chi connectivity index (χ4v) is 3.94. The number of carbonyl (C=O) groups excluding carboxylic acids is 1. The van der Waals surface area contributed by atoms with E-state index in [-0.39, 0.29) is 5.91 Å². The topological polar surface area (TPSA) is 32.8 Å². The summed E-state index contributed by atoms with van der Waals surface area (Å²) in [7, 11) is 0. The van der Waals surface area contributed by atoms with Crippen molar-refractivity contribution in [2.24, 2.45) is 0 Å². The van der Waals surface area contributed by atoms with Crippen LogP contribution in [0.5, 0.6) is 0 Å². The van der Waals surface area contributed by atoms with Gasteiger partial charge in [0.05, 0.1) is 13.2 Å². The summed E-state index contributed by atoms with van der Waals surface area (Å²) in [6.45, 7) is 7.46. The van der Waals surface area contributed by atoms with Gasteiger partial charge in [-0.3, -0.25) is 9.69 Å². The van der Waals surface area contributed by atoms with Crippen molar-refractivity contribution < 1.29 is 9.53 Å². The molecule has 0 atom stereocenters. The Morgan fingerprint density at radius 3 is 2.15 bits per heavy atom. The van der Waals surface area contributed by atoms with Gasteiger partial charge in [0, 0.05) is 37.8 Å². The van der Waals surface area contributed by atoms with Crippen molar-refractivity contribution in [3.05, 3.63) is 59.7 Å². The molecule has 0 spiro atoms. The van der Waals surface area contributed by atoms with Crippen LogP contribution in [-0.4, -0.2) is 61.1 Å². The molecule has 2 aliphatic heterocycles. The van der Waals surface area contributed by atoms with Crippen LogP contribution >= 0.6 is 0 Å². The van der Waals surface area contributed by atoms with Crippen LogP contribution in [0.1, 0.15) is 29.3 Å². The molecule has 2 fully saturated rings. The molecule has 0 bridgehead atoms. The summed E-state index contributed by atoms with van der Waals surface area (Å²) in [4.78, 5) is 17.1. The van der Waals surface area contributed by atoms with Gasteiger partial charge in [-0.15, -0.1) is 0 Å². The number of nitrogens with zero attached hydrogens (tertiary/aromatic N) is 2. The van der Waals surface area contributed by atoms with Gasteiger partial charge >= 0.3 is 0 Å². The van der Waals surface area contributed by atoms with Crippen LogP contribution in [0.15, 0.2) is 48.5 Å². The molecule has 4 heteroatoms. The Morgan fingerprint density at radius 2 is 1.56 bits per heavy atom. The van der Waals surface area contributed by atoms with Crippen LogP contribution < -0.4 is 0 Å². The minimum atomic E-state index is 0.143. The predicted molar refractivity (Wildman–Crippen MR) is 108 cm³/mol. The first kappa shape index (κ1) is 18.2. The smallest absolute Gasteiger partial charge is 0.253 e. The van der Waals surface area contributed by atoms with Crippen LogP contribution in [0.25, 0.3) is 11.1 Å². The number of hydrogen-bond donors (Lipinski definition) is 0. The van der Waals surface area contributed by atoms with Crippen LogP contribution in [0.2, 0.25) is 0 Å². The van der Waals surface area contributed by atoms with E-state index in [0.29, 0.717) is 6.04 Å². The third-order valence-electron chi connectivity index (χ3n) is 5.67. The van der Waals surface area contributed by atoms with Gasteiger partial charge in [-0.25, -0.2) is 0 Å². The van der Waals surface area contributed by atoms with E-state index in [1.54, 1.807) is 0 Å². The second kappa shape index (κ2) is 8.24. The second-order valence-electron chi connectivity index (χ2n) is 7.54. The van der Waals surface area contributed by atoms with E-state index >= 15 is 0 Å². The van der Waals surface area contributed by atoms with Crippen molar-refractivity contribution in [3.63, 3.8) is 0 Å².